The van der Waals surface area contributed by atoms with Crippen molar-refractivity contribution >= 4 is 45.2 Å². The van der Waals surface area contributed by atoms with Crippen molar-refractivity contribution in [2.45, 2.75) is 18.9 Å². The summed E-state index contributed by atoms with van der Waals surface area (Å²) in [4.78, 5) is 24.7. The number of benzene rings is 2. The van der Waals surface area contributed by atoms with Crippen molar-refractivity contribution in [1.29, 1.82) is 0 Å². The molecule has 1 fully saturated rings. The summed E-state index contributed by atoms with van der Waals surface area (Å²) in [5, 5.41) is 16.9. The Labute approximate surface area is 168 Å². The summed E-state index contributed by atoms with van der Waals surface area (Å²) in [5.74, 6) is -2.21. The van der Waals surface area contributed by atoms with E-state index in [0.717, 1.165) is 30.4 Å². The van der Waals surface area contributed by atoms with Crippen LogP contribution in [-0.2, 0) is 0 Å². The lowest BCUT2D eigenvalue weighted by molar-refractivity contribution is 0.0697. The van der Waals surface area contributed by atoms with Gasteiger partial charge in [0.25, 0.3) is 0 Å². The van der Waals surface area contributed by atoms with Crippen molar-refractivity contribution in [2.24, 2.45) is 0 Å². The van der Waals surface area contributed by atoms with Crippen LogP contribution in [0, 0.1) is 11.6 Å². The van der Waals surface area contributed by atoms with E-state index in [-0.39, 0.29) is 11.5 Å². The predicted octanol–water partition coefficient (Wildman–Crippen LogP) is 4.47. The van der Waals surface area contributed by atoms with Crippen LogP contribution < -0.4 is 10.6 Å². The molecule has 1 aliphatic carbocycles. The number of aromatic nitrogens is 3. The minimum Gasteiger partial charge on any atom is -0.478 e. The number of carbonyl (C=O) groups is 1. The molecule has 2 aromatic heterocycles. The molecule has 0 unspecified atom stereocenters. The molecule has 5 rings (SSSR count). The molecule has 150 valence electrons. The topological polar surface area (TPSA) is 100 Å². The molecule has 0 atom stereocenters. The number of nitrogens with one attached hydrogen (secondary N) is 2. The SMILES string of the molecule is O=C(O)c1ccc2c(c1)nc(NC1CC1)c1nc(Nc3ccc(F)c(F)c3)ncc12. The molecule has 1 saturated carbocycles. The van der Waals surface area contributed by atoms with Gasteiger partial charge in [-0.2, -0.15) is 0 Å². The molecular weight excluding hydrogens is 392 g/mol. The van der Waals surface area contributed by atoms with Crippen molar-refractivity contribution in [3.8, 4) is 0 Å². The minimum absolute atomic E-state index is 0.143. The zero-order chi connectivity index (χ0) is 20.8. The number of carboxylic acids is 1. The lowest BCUT2D eigenvalue weighted by Gasteiger charge is -2.12. The van der Waals surface area contributed by atoms with E-state index in [9.17, 15) is 18.7 Å². The van der Waals surface area contributed by atoms with Gasteiger partial charge in [-0.05, 0) is 37.1 Å². The van der Waals surface area contributed by atoms with Gasteiger partial charge in [0, 0.05) is 34.8 Å². The van der Waals surface area contributed by atoms with E-state index in [4.69, 9.17) is 0 Å². The summed E-state index contributed by atoms with van der Waals surface area (Å²) in [7, 11) is 0. The van der Waals surface area contributed by atoms with Crippen LogP contribution in [-0.4, -0.2) is 32.1 Å². The molecule has 3 N–H and O–H groups in total. The van der Waals surface area contributed by atoms with Crippen molar-refractivity contribution in [3.63, 3.8) is 0 Å². The van der Waals surface area contributed by atoms with Gasteiger partial charge in [0.2, 0.25) is 5.95 Å². The molecule has 2 heterocycles. The van der Waals surface area contributed by atoms with E-state index in [0.29, 0.717) is 34.0 Å². The van der Waals surface area contributed by atoms with E-state index < -0.39 is 17.6 Å². The van der Waals surface area contributed by atoms with Gasteiger partial charge in [-0.15, -0.1) is 0 Å². The van der Waals surface area contributed by atoms with Gasteiger partial charge < -0.3 is 15.7 Å². The Balaban J connectivity index is 1.63. The van der Waals surface area contributed by atoms with E-state index in [1.54, 1.807) is 12.3 Å². The number of anilines is 3. The Morgan fingerprint density at radius 1 is 1.03 bits per heavy atom. The maximum atomic E-state index is 13.5. The van der Waals surface area contributed by atoms with Crippen molar-refractivity contribution in [3.05, 3.63) is 59.8 Å². The van der Waals surface area contributed by atoms with Crippen LogP contribution in [0.1, 0.15) is 23.2 Å². The standard InChI is InChI=1S/C21H15F2N5O2/c22-15-6-4-12(8-16(15)23)26-21-24-9-14-13-5-1-10(20(29)30)7-17(13)27-19(18(14)28-21)25-11-2-3-11/h1,4-9,11H,2-3H2,(H,25,27)(H,29,30)(H,24,26,28). The number of hydrogen-bond acceptors (Lipinski definition) is 6. The van der Waals surface area contributed by atoms with E-state index in [1.165, 1.54) is 18.2 Å². The molecule has 0 saturated heterocycles. The lowest BCUT2D eigenvalue weighted by Crippen LogP contribution is -2.07. The number of rotatable bonds is 5. The van der Waals surface area contributed by atoms with Gasteiger partial charge in [0.15, 0.2) is 17.5 Å². The minimum atomic E-state index is -1.03. The highest BCUT2D eigenvalue weighted by molar-refractivity contribution is 6.09. The van der Waals surface area contributed by atoms with E-state index in [1.807, 2.05) is 0 Å². The largest absolute Gasteiger partial charge is 0.478 e. The molecule has 0 bridgehead atoms. The van der Waals surface area contributed by atoms with Crippen LogP contribution in [0.2, 0.25) is 0 Å². The zero-order valence-corrected chi connectivity index (χ0v) is 15.5. The number of hydrogen-bond donors (Lipinski definition) is 3. The van der Waals surface area contributed by atoms with E-state index in [2.05, 4.69) is 25.6 Å². The first-order valence-electron chi connectivity index (χ1n) is 9.30. The molecule has 0 spiro atoms. The fourth-order valence-electron chi connectivity index (χ4n) is 3.20. The lowest BCUT2D eigenvalue weighted by atomic mass is 10.1. The monoisotopic (exact) mass is 407 g/mol. The predicted molar refractivity (Wildman–Crippen MR) is 108 cm³/mol. The van der Waals surface area contributed by atoms with Crippen molar-refractivity contribution in [2.75, 3.05) is 10.6 Å². The molecule has 7 nitrogen and oxygen atoms in total. The Morgan fingerprint density at radius 3 is 2.60 bits per heavy atom. The maximum Gasteiger partial charge on any atom is 0.335 e. The van der Waals surface area contributed by atoms with E-state index >= 15 is 0 Å². The molecule has 0 aliphatic heterocycles. The second-order valence-corrected chi connectivity index (χ2v) is 7.13. The average Bonchev–Trinajstić information content (AvgIpc) is 3.54. The Morgan fingerprint density at radius 2 is 1.87 bits per heavy atom. The van der Waals surface area contributed by atoms with Gasteiger partial charge in [-0.3, -0.25) is 0 Å². The molecule has 30 heavy (non-hydrogen) atoms. The van der Waals surface area contributed by atoms with Gasteiger partial charge in [-0.1, -0.05) is 6.07 Å². The van der Waals surface area contributed by atoms with Crippen LogP contribution in [0.4, 0.5) is 26.2 Å². The number of halogens is 2. The van der Waals surface area contributed by atoms with Gasteiger partial charge in [-0.25, -0.2) is 28.5 Å². The van der Waals surface area contributed by atoms with Crippen LogP contribution >= 0.6 is 0 Å². The molecular formula is C21H15F2N5O2. The Hall–Kier alpha value is -3.88. The third-order valence-electron chi connectivity index (χ3n) is 4.87. The maximum absolute atomic E-state index is 13.5. The molecule has 2 aromatic carbocycles. The average molecular weight is 407 g/mol. The first kappa shape index (κ1) is 18.2. The second-order valence-electron chi connectivity index (χ2n) is 7.13. The molecule has 4 aromatic rings. The number of nitrogens with zero attached hydrogens (tertiary/aromatic N) is 3. The first-order chi connectivity index (χ1) is 14.5. The summed E-state index contributed by atoms with van der Waals surface area (Å²) in [6.07, 6.45) is 3.63. The summed E-state index contributed by atoms with van der Waals surface area (Å²) in [6.45, 7) is 0. The highest BCUT2D eigenvalue weighted by atomic mass is 19.2. The molecule has 1 aliphatic rings. The molecule has 0 amide bonds. The van der Waals surface area contributed by atoms with Gasteiger partial charge in [0.05, 0.1) is 11.1 Å². The number of aromatic carboxylic acids is 1. The summed E-state index contributed by atoms with van der Waals surface area (Å²) >= 11 is 0. The quantitative estimate of drug-likeness (QED) is 0.420. The fourth-order valence-corrected chi connectivity index (χ4v) is 3.20. The number of carboxylic acid groups (broad SMARTS) is 1. The summed E-state index contributed by atoms with van der Waals surface area (Å²) in [6, 6.07) is 8.43. The third-order valence-corrected chi connectivity index (χ3v) is 4.87. The van der Waals surface area contributed by atoms with Gasteiger partial charge in [0.1, 0.15) is 5.52 Å². The Kier molecular flexibility index (Phi) is 4.16. The molecule has 9 heteroatoms. The zero-order valence-electron chi connectivity index (χ0n) is 15.5. The van der Waals surface area contributed by atoms with Crippen LogP contribution in [0.15, 0.2) is 42.6 Å². The fraction of sp³-hybridized carbons (Fsp3) is 0.143. The van der Waals surface area contributed by atoms with Crippen LogP contribution in [0.5, 0.6) is 0 Å². The smallest absolute Gasteiger partial charge is 0.335 e. The highest BCUT2D eigenvalue weighted by Crippen LogP contribution is 2.32. The number of fused-ring (bicyclic) bond motifs is 3. The summed E-state index contributed by atoms with van der Waals surface area (Å²) < 4.78 is 26.7. The number of pyridine rings is 1. The molecule has 0 radical (unpaired) electrons. The summed E-state index contributed by atoms with van der Waals surface area (Å²) in [5.41, 5.74) is 1.53. The van der Waals surface area contributed by atoms with Crippen molar-refractivity contribution in [1.82, 2.24) is 15.0 Å². The Bertz CT molecular complexity index is 1320. The van der Waals surface area contributed by atoms with Crippen LogP contribution in [0.25, 0.3) is 21.8 Å². The van der Waals surface area contributed by atoms with Crippen LogP contribution in [0.3, 0.4) is 0 Å². The third kappa shape index (κ3) is 3.34. The normalized spacial score (nSPS) is 13.5. The highest BCUT2D eigenvalue weighted by Gasteiger charge is 2.23. The first-order valence-corrected chi connectivity index (χ1v) is 9.30. The van der Waals surface area contributed by atoms with Gasteiger partial charge >= 0.3 is 5.97 Å². The van der Waals surface area contributed by atoms with Crippen molar-refractivity contribution < 1.29 is 18.7 Å². The second kappa shape index (κ2) is 6.87.